The van der Waals surface area contributed by atoms with Crippen molar-refractivity contribution in [3.05, 3.63) is 10.6 Å². The molecule has 0 unspecified atom stereocenters. The first kappa shape index (κ1) is 10.1. The Morgan fingerprint density at radius 1 is 1.46 bits per heavy atom. The predicted octanol–water partition coefficient (Wildman–Crippen LogP) is 1.33. The van der Waals surface area contributed by atoms with Crippen molar-refractivity contribution in [3.63, 3.8) is 0 Å². The number of aromatic nitrogens is 2. The number of carbonyl (C=O) groups excluding carboxylic acids is 1. The quantitative estimate of drug-likeness (QED) is 0.737. The number of amides is 1. The van der Waals surface area contributed by atoms with Crippen LogP contribution in [0.4, 0.5) is 0 Å². The molecule has 1 rings (SSSR count). The summed E-state index contributed by atoms with van der Waals surface area (Å²) in [5, 5.41) is 3.81. The monoisotopic (exact) mass is 199 g/mol. The van der Waals surface area contributed by atoms with Crippen LogP contribution >= 0.6 is 11.5 Å². The van der Waals surface area contributed by atoms with E-state index in [2.05, 4.69) is 9.59 Å². The Hall–Kier alpha value is -0.970. The molecule has 5 heteroatoms. The molecule has 1 aromatic heterocycles. The zero-order valence-electron chi connectivity index (χ0n) is 8.07. The normalized spacial score (nSPS) is 10.1. The van der Waals surface area contributed by atoms with Crippen LogP contribution in [0, 0.1) is 6.92 Å². The van der Waals surface area contributed by atoms with E-state index in [1.807, 2.05) is 13.8 Å². The van der Waals surface area contributed by atoms with E-state index in [9.17, 15) is 4.79 Å². The summed E-state index contributed by atoms with van der Waals surface area (Å²) >= 11 is 1.16. The Kier molecular flexibility index (Phi) is 3.36. The summed E-state index contributed by atoms with van der Waals surface area (Å²) in [7, 11) is 0. The summed E-state index contributed by atoms with van der Waals surface area (Å²) in [5.74, 6) is 0.0394. The fourth-order valence-electron chi connectivity index (χ4n) is 1.08. The molecule has 1 aromatic rings. The van der Waals surface area contributed by atoms with Gasteiger partial charge in [0.05, 0.1) is 5.69 Å². The van der Waals surface area contributed by atoms with E-state index >= 15 is 0 Å². The van der Waals surface area contributed by atoms with Gasteiger partial charge in [-0.1, -0.05) is 4.49 Å². The average Bonchev–Trinajstić information content (AvgIpc) is 2.53. The summed E-state index contributed by atoms with van der Waals surface area (Å²) in [6, 6.07) is 0. The molecule has 1 amide bonds. The minimum Gasteiger partial charge on any atom is -0.338 e. The van der Waals surface area contributed by atoms with Gasteiger partial charge in [-0.05, 0) is 32.3 Å². The Labute approximate surface area is 81.7 Å². The zero-order chi connectivity index (χ0) is 9.84. The molecule has 0 saturated heterocycles. The maximum atomic E-state index is 11.7. The maximum Gasteiger partial charge on any atom is 0.267 e. The molecular weight excluding hydrogens is 186 g/mol. The molecule has 0 saturated carbocycles. The molecule has 0 aliphatic rings. The molecule has 0 bridgehead atoms. The molecule has 0 radical (unpaired) electrons. The highest BCUT2D eigenvalue weighted by Crippen LogP contribution is 2.12. The van der Waals surface area contributed by atoms with Gasteiger partial charge in [0.2, 0.25) is 0 Å². The second kappa shape index (κ2) is 4.32. The molecule has 0 aromatic carbocycles. The topological polar surface area (TPSA) is 46.1 Å². The van der Waals surface area contributed by atoms with Crippen LogP contribution in [-0.2, 0) is 0 Å². The van der Waals surface area contributed by atoms with Gasteiger partial charge in [0.15, 0.2) is 0 Å². The van der Waals surface area contributed by atoms with Crippen LogP contribution in [0.1, 0.15) is 29.2 Å². The maximum absolute atomic E-state index is 11.7. The van der Waals surface area contributed by atoms with Gasteiger partial charge in [-0.2, -0.15) is 0 Å². The van der Waals surface area contributed by atoms with Gasteiger partial charge in [-0.15, -0.1) is 5.10 Å². The van der Waals surface area contributed by atoms with E-state index in [1.165, 1.54) is 0 Å². The summed E-state index contributed by atoms with van der Waals surface area (Å²) in [6.07, 6.45) is 0. The molecule has 4 nitrogen and oxygen atoms in total. The minimum atomic E-state index is 0.0394. The molecule has 72 valence electrons. The number of aryl methyl sites for hydroxylation is 1. The lowest BCUT2D eigenvalue weighted by atomic mass is 10.3. The fraction of sp³-hybridized carbons (Fsp3) is 0.625. The Balaban J connectivity index is 2.84. The van der Waals surface area contributed by atoms with E-state index in [-0.39, 0.29) is 5.91 Å². The van der Waals surface area contributed by atoms with Crippen LogP contribution in [0.5, 0.6) is 0 Å². The van der Waals surface area contributed by atoms with Crippen LogP contribution in [0.3, 0.4) is 0 Å². The first-order valence-electron chi connectivity index (χ1n) is 4.28. The molecule has 1 heterocycles. The van der Waals surface area contributed by atoms with Crippen molar-refractivity contribution in [1.82, 2.24) is 14.5 Å². The smallest absolute Gasteiger partial charge is 0.267 e. The number of carbonyl (C=O) groups is 1. The van der Waals surface area contributed by atoms with Crippen LogP contribution in [0.15, 0.2) is 0 Å². The molecule has 0 N–H and O–H groups in total. The standard InChI is InChI=1S/C8H13N3OS/c1-4-11(5-2)8(12)7-6(3)9-10-13-7/h4-5H2,1-3H3. The Morgan fingerprint density at radius 3 is 2.46 bits per heavy atom. The van der Waals surface area contributed by atoms with Crippen LogP contribution in [-0.4, -0.2) is 33.5 Å². The van der Waals surface area contributed by atoms with Crippen molar-refractivity contribution >= 4 is 17.4 Å². The molecule has 0 aliphatic carbocycles. The van der Waals surface area contributed by atoms with Crippen molar-refractivity contribution in [3.8, 4) is 0 Å². The van der Waals surface area contributed by atoms with E-state index in [4.69, 9.17) is 0 Å². The number of hydrogen-bond donors (Lipinski definition) is 0. The molecule has 0 spiro atoms. The third-order valence-corrected chi connectivity index (χ3v) is 2.71. The Bertz CT molecular complexity index is 293. The van der Waals surface area contributed by atoms with E-state index in [0.717, 1.165) is 30.3 Å². The van der Waals surface area contributed by atoms with Crippen molar-refractivity contribution in [2.24, 2.45) is 0 Å². The van der Waals surface area contributed by atoms with Gasteiger partial charge in [0, 0.05) is 13.1 Å². The lowest BCUT2D eigenvalue weighted by molar-refractivity contribution is 0.0777. The number of rotatable bonds is 3. The second-order valence-electron chi connectivity index (χ2n) is 2.66. The number of hydrogen-bond acceptors (Lipinski definition) is 4. The van der Waals surface area contributed by atoms with E-state index in [1.54, 1.807) is 11.8 Å². The molecular formula is C8H13N3OS. The summed E-state index contributed by atoms with van der Waals surface area (Å²) in [5.41, 5.74) is 0.724. The van der Waals surface area contributed by atoms with Crippen LogP contribution in [0.2, 0.25) is 0 Å². The van der Waals surface area contributed by atoms with Gasteiger partial charge < -0.3 is 4.90 Å². The summed E-state index contributed by atoms with van der Waals surface area (Å²) < 4.78 is 3.74. The molecule has 0 atom stereocenters. The largest absolute Gasteiger partial charge is 0.338 e. The minimum absolute atomic E-state index is 0.0394. The van der Waals surface area contributed by atoms with Crippen LogP contribution < -0.4 is 0 Å². The first-order valence-corrected chi connectivity index (χ1v) is 5.06. The van der Waals surface area contributed by atoms with Crippen molar-refractivity contribution in [1.29, 1.82) is 0 Å². The van der Waals surface area contributed by atoms with Crippen molar-refractivity contribution < 1.29 is 4.79 Å². The van der Waals surface area contributed by atoms with Gasteiger partial charge in [0.25, 0.3) is 5.91 Å². The highest BCUT2D eigenvalue weighted by molar-refractivity contribution is 7.07. The predicted molar refractivity (Wildman–Crippen MR) is 51.9 cm³/mol. The third kappa shape index (κ3) is 2.03. The fourth-order valence-corrected chi connectivity index (χ4v) is 1.71. The summed E-state index contributed by atoms with van der Waals surface area (Å²) in [4.78, 5) is 14.2. The second-order valence-corrected chi connectivity index (χ2v) is 3.42. The highest BCUT2D eigenvalue weighted by Gasteiger charge is 2.17. The van der Waals surface area contributed by atoms with Gasteiger partial charge in [-0.3, -0.25) is 4.79 Å². The molecule has 13 heavy (non-hydrogen) atoms. The number of nitrogens with zero attached hydrogens (tertiary/aromatic N) is 3. The van der Waals surface area contributed by atoms with E-state index in [0.29, 0.717) is 4.88 Å². The van der Waals surface area contributed by atoms with Gasteiger partial charge >= 0.3 is 0 Å². The third-order valence-electron chi connectivity index (χ3n) is 1.90. The Morgan fingerprint density at radius 2 is 2.08 bits per heavy atom. The first-order chi connectivity index (χ1) is 6.20. The van der Waals surface area contributed by atoms with Crippen molar-refractivity contribution in [2.75, 3.05) is 13.1 Å². The molecule has 0 aliphatic heterocycles. The van der Waals surface area contributed by atoms with Gasteiger partial charge in [-0.25, -0.2) is 0 Å². The zero-order valence-corrected chi connectivity index (χ0v) is 8.89. The lowest BCUT2D eigenvalue weighted by Gasteiger charge is -2.17. The van der Waals surface area contributed by atoms with Gasteiger partial charge in [0.1, 0.15) is 4.88 Å². The SMILES string of the molecule is CCN(CC)C(=O)c1snnc1C. The highest BCUT2D eigenvalue weighted by atomic mass is 32.1. The van der Waals surface area contributed by atoms with E-state index < -0.39 is 0 Å². The lowest BCUT2D eigenvalue weighted by Crippen LogP contribution is -2.30. The molecule has 0 fully saturated rings. The average molecular weight is 199 g/mol. The summed E-state index contributed by atoms with van der Waals surface area (Å²) in [6.45, 7) is 7.19. The van der Waals surface area contributed by atoms with Crippen LogP contribution in [0.25, 0.3) is 0 Å². The van der Waals surface area contributed by atoms with Crippen molar-refractivity contribution in [2.45, 2.75) is 20.8 Å².